The zero-order valence-corrected chi connectivity index (χ0v) is 37.6. The van der Waals surface area contributed by atoms with Crippen LogP contribution < -0.4 is 5.73 Å². The summed E-state index contributed by atoms with van der Waals surface area (Å²) in [5.74, 6) is 3.77. The van der Waals surface area contributed by atoms with Crippen molar-refractivity contribution in [3.8, 4) is 45.2 Å². The van der Waals surface area contributed by atoms with Gasteiger partial charge >= 0.3 is 0 Å². The summed E-state index contributed by atoms with van der Waals surface area (Å²) >= 11 is 0. The lowest BCUT2D eigenvalue weighted by Crippen LogP contribution is -2.02. The van der Waals surface area contributed by atoms with Crippen LogP contribution in [0.5, 0.6) is 0 Å². The van der Waals surface area contributed by atoms with Crippen molar-refractivity contribution < 1.29 is 13.6 Å². The first-order valence-electron chi connectivity index (χ1n) is 21.7. The van der Waals surface area contributed by atoms with Crippen LogP contribution in [-0.2, 0) is 0 Å². The number of rotatable bonds is 11. The van der Waals surface area contributed by atoms with E-state index in [0.717, 1.165) is 45.1 Å². The SMILES string of the molecule is C.C.C.C.CC(C)c1cccc(C(C)C)c1N.CC(C)c1cccc(C(C)C)c1N=Cc1nc(-c2ccccc2)c(-c2ccccc2)o1.O=Cc1nc(-c2ccccc2)c(-c2ccccc2)o1. The number of nitrogens with zero attached hydrogens (tertiary/aromatic N) is 3. The number of hydrogen-bond acceptors (Lipinski definition) is 7. The quantitative estimate of drug-likeness (QED) is 0.0787. The molecule has 0 spiro atoms. The molecule has 0 fully saturated rings. The first-order chi connectivity index (χ1) is 30.5. The van der Waals surface area contributed by atoms with Crippen LogP contribution >= 0.6 is 0 Å². The Balaban J connectivity index is 0.000000368. The summed E-state index contributed by atoms with van der Waals surface area (Å²) in [4.78, 5) is 24.8. The normalized spacial score (nSPS) is 10.5. The second-order valence-corrected chi connectivity index (χ2v) is 16.6. The molecule has 2 N–H and O–H groups in total. The largest absolute Gasteiger partial charge is 0.435 e. The van der Waals surface area contributed by atoms with Gasteiger partial charge in [-0.15, -0.1) is 0 Å². The highest BCUT2D eigenvalue weighted by atomic mass is 16.4. The van der Waals surface area contributed by atoms with E-state index in [9.17, 15) is 4.79 Å². The molecule has 7 heteroatoms. The van der Waals surface area contributed by atoms with Crippen molar-refractivity contribution in [2.75, 3.05) is 5.73 Å². The summed E-state index contributed by atoms with van der Waals surface area (Å²) in [6.45, 7) is 17.5. The van der Waals surface area contributed by atoms with E-state index in [1.807, 2.05) is 109 Å². The van der Waals surface area contributed by atoms with Crippen LogP contribution in [0.2, 0.25) is 0 Å². The zero-order valence-electron chi connectivity index (χ0n) is 37.6. The monoisotopic (exact) mass is 899 g/mol. The highest BCUT2D eigenvalue weighted by molar-refractivity contribution is 5.84. The van der Waals surface area contributed by atoms with E-state index in [0.29, 0.717) is 47.3 Å². The second-order valence-electron chi connectivity index (χ2n) is 16.6. The molecule has 0 unspecified atom stereocenters. The van der Waals surface area contributed by atoms with Gasteiger partial charge in [0.2, 0.25) is 12.2 Å². The highest BCUT2D eigenvalue weighted by Gasteiger charge is 2.18. The number of nitrogens with two attached hydrogens (primary N) is 1. The molecule has 0 aliphatic heterocycles. The van der Waals surface area contributed by atoms with Gasteiger partial charge in [0.05, 0.1) is 11.9 Å². The van der Waals surface area contributed by atoms with Gasteiger partial charge in [-0.3, -0.25) is 9.79 Å². The van der Waals surface area contributed by atoms with Crippen molar-refractivity contribution in [1.82, 2.24) is 9.97 Å². The molecule has 0 saturated heterocycles. The average Bonchev–Trinajstić information content (AvgIpc) is 3.95. The number of para-hydroxylation sites is 2. The number of nitrogen functional groups attached to an aromatic ring is 1. The Kier molecular flexibility index (Phi) is 22.4. The minimum absolute atomic E-state index is 0. The predicted octanol–water partition coefficient (Wildman–Crippen LogP) is 17.9. The average molecular weight is 899 g/mol. The molecule has 2 heterocycles. The lowest BCUT2D eigenvalue weighted by Gasteiger charge is -2.15. The van der Waals surface area contributed by atoms with E-state index >= 15 is 0 Å². The van der Waals surface area contributed by atoms with Crippen molar-refractivity contribution in [2.45, 2.75) is 109 Å². The number of benzene rings is 6. The van der Waals surface area contributed by atoms with Gasteiger partial charge in [-0.1, -0.05) is 243 Å². The van der Waals surface area contributed by atoms with E-state index in [-0.39, 0.29) is 35.6 Å². The van der Waals surface area contributed by atoms with Gasteiger partial charge in [-0.05, 0) is 45.9 Å². The predicted molar refractivity (Wildman–Crippen MR) is 288 cm³/mol. The van der Waals surface area contributed by atoms with Gasteiger partial charge in [0.15, 0.2) is 11.5 Å². The Morgan fingerprint density at radius 1 is 0.433 bits per heavy atom. The van der Waals surface area contributed by atoms with Gasteiger partial charge in [0.25, 0.3) is 5.89 Å². The molecule has 352 valence electrons. The Hall–Kier alpha value is -7.12. The molecule has 8 aromatic rings. The number of carbonyl (C=O) groups excluding carboxylic acids is 1. The summed E-state index contributed by atoms with van der Waals surface area (Å²) in [6.07, 6.45) is 2.38. The number of anilines is 1. The molecular weight excluding hydrogens is 825 g/mol. The first-order valence-corrected chi connectivity index (χ1v) is 21.7. The first kappa shape index (κ1) is 56.0. The third kappa shape index (κ3) is 14.2. The van der Waals surface area contributed by atoms with Crippen molar-refractivity contribution in [1.29, 1.82) is 0 Å². The molecule has 8 rings (SSSR count). The molecule has 0 bridgehead atoms. The lowest BCUT2D eigenvalue weighted by molar-refractivity contribution is 0.109. The minimum Gasteiger partial charge on any atom is -0.435 e. The highest BCUT2D eigenvalue weighted by Crippen LogP contribution is 2.37. The molecule has 0 amide bonds. The smallest absolute Gasteiger partial charge is 0.260 e. The number of aliphatic imine (C=N–C) groups is 1. The van der Waals surface area contributed by atoms with E-state index in [4.69, 9.17) is 24.5 Å². The van der Waals surface area contributed by atoms with E-state index in [1.54, 1.807) is 6.21 Å². The van der Waals surface area contributed by atoms with E-state index in [2.05, 4.69) is 109 Å². The van der Waals surface area contributed by atoms with Gasteiger partial charge < -0.3 is 14.6 Å². The second kappa shape index (κ2) is 26.7. The standard InChI is InChI=1S/C28H28N2O.C16H11NO2.C12H19N.4CH4/c1-19(2)23-16-11-17-24(20(3)4)27(23)29-18-25-30-26(21-12-7-5-8-13-21)28(31-25)22-14-9-6-10-15-22;18-11-14-17-15(12-7-3-1-4-8-12)16(19-14)13-9-5-2-6-10-13;1-8(2)10-6-5-7-11(9(3)4)12(10)13;;;;/h5-20H,1-4H3;1-11H;5-9H,13H2,1-4H3;4*1H4. The van der Waals surface area contributed by atoms with Crippen LogP contribution in [0, 0.1) is 0 Å². The van der Waals surface area contributed by atoms with Crippen molar-refractivity contribution in [2.24, 2.45) is 4.99 Å². The third-order valence-electron chi connectivity index (χ3n) is 10.6. The number of oxazole rings is 2. The maximum absolute atomic E-state index is 10.9. The van der Waals surface area contributed by atoms with Crippen molar-refractivity contribution in [3.05, 3.63) is 192 Å². The molecule has 0 saturated carbocycles. The maximum Gasteiger partial charge on any atom is 0.260 e. The molecule has 0 aliphatic rings. The Bertz CT molecular complexity index is 2530. The number of aromatic nitrogens is 2. The number of aldehydes is 1. The summed E-state index contributed by atoms with van der Waals surface area (Å²) in [6, 6.07) is 52.3. The van der Waals surface area contributed by atoms with Crippen LogP contribution in [0.4, 0.5) is 11.4 Å². The zero-order chi connectivity index (χ0) is 44.9. The van der Waals surface area contributed by atoms with Crippen LogP contribution in [0.3, 0.4) is 0 Å². The molecule has 0 atom stereocenters. The Morgan fingerprint density at radius 2 is 0.746 bits per heavy atom. The maximum atomic E-state index is 10.9. The fraction of sp³-hybridized carbons (Fsp3) is 0.267. The molecule has 67 heavy (non-hydrogen) atoms. The fourth-order valence-electron chi connectivity index (χ4n) is 7.32. The van der Waals surface area contributed by atoms with Gasteiger partial charge in [0, 0.05) is 27.9 Å². The van der Waals surface area contributed by atoms with Crippen LogP contribution in [0.25, 0.3) is 45.2 Å². The molecule has 7 nitrogen and oxygen atoms in total. The van der Waals surface area contributed by atoms with Crippen LogP contribution in [0.15, 0.2) is 172 Å². The minimum atomic E-state index is 0. The Morgan fingerprint density at radius 3 is 1.09 bits per heavy atom. The van der Waals surface area contributed by atoms with Gasteiger partial charge in [-0.2, -0.15) is 0 Å². The number of carbonyl (C=O) groups is 1. The summed E-state index contributed by atoms with van der Waals surface area (Å²) < 4.78 is 11.7. The van der Waals surface area contributed by atoms with Gasteiger partial charge in [0.1, 0.15) is 11.4 Å². The lowest BCUT2D eigenvalue weighted by atomic mass is 9.93. The van der Waals surface area contributed by atoms with Crippen LogP contribution in [-0.4, -0.2) is 22.5 Å². The summed E-state index contributed by atoms with van der Waals surface area (Å²) in [5.41, 5.74) is 18.5. The molecule has 0 radical (unpaired) electrons. The van der Waals surface area contributed by atoms with Crippen LogP contribution in [0.1, 0.15) is 148 Å². The third-order valence-corrected chi connectivity index (χ3v) is 10.6. The van der Waals surface area contributed by atoms with E-state index in [1.165, 1.54) is 22.3 Å². The Labute approximate surface area is 402 Å². The summed E-state index contributed by atoms with van der Waals surface area (Å²) in [5, 5.41) is 0. The van der Waals surface area contributed by atoms with Gasteiger partial charge in [-0.25, -0.2) is 9.97 Å². The fourth-order valence-corrected chi connectivity index (χ4v) is 7.32. The van der Waals surface area contributed by atoms with Crippen molar-refractivity contribution in [3.63, 3.8) is 0 Å². The van der Waals surface area contributed by atoms with E-state index < -0.39 is 0 Å². The molecule has 6 aromatic carbocycles. The topological polar surface area (TPSA) is 108 Å². The molecule has 0 aliphatic carbocycles. The molecule has 2 aromatic heterocycles. The summed E-state index contributed by atoms with van der Waals surface area (Å²) in [7, 11) is 0. The molecular formula is C60H74N4O3. The van der Waals surface area contributed by atoms with Crippen molar-refractivity contribution >= 4 is 23.9 Å². The number of hydrogen-bond donors (Lipinski definition) is 1.